The molecule has 0 rings (SSSR count). The molecule has 0 saturated carbocycles. The quantitative estimate of drug-likeness (QED) is 0.388. The highest BCUT2D eigenvalue weighted by Gasteiger charge is 2.01. The molecule has 0 aliphatic carbocycles. The number of halogens is 1. The van der Waals surface area contributed by atoms with Crippen LogP contribution in [0.15, 0.2) is 0 Å². The number of alkyl halides is 1. The van der Waals surface area contributed by atoms with Crippen LogP contribution in [0.3, 0.4) is 0 Å². The van der Waals surface area contributed by atoms with Crippen LogP contribution in [0, 0.1) is 0 Å². The van der Waals surface area contributed by atoms with Gasteiger partial charge >= 0.3 is 5.97 Å². The Labute approximate surface area is 78.9 Å². The molecule has 0 atom stereocenters. The molecule has 5 nitrogen and oxygen atoms in total. The molecule has 0 radical (unpaired) electrons. The molecule has 0 aliphatic rings. The maximum Gasteiger partial charge on any atom is 0.321 e. The second-order valence-corrected chi connectivity index (χ2v) is 2.40. The minimum Gasteiger partial charge on any atom is -0.465 e. The van der Waals surface area contributed by atoms with Gasteiger partial charge in [0.2, 0.25) is 5.91 Å². The van der Waals surface area contributed by atoms with E-state index in [1.54, 1.807) is 6.92 Å². The van der Waals surface area contributed by atoms with Crippen LogP contribution in [-0.4, -0.2) is 30.4 Å². The van der Waals surface area contributed by atoms with E-state index in [2.05, 4.69) is 31.5 Å². The van der Waals surface area contributed by atoms with Crippen LogP contribution >= 0.6 is 15.9 Å². The van der Waals surface area contributed by atoms with Crippen molar-refractivity contribution in [3.63, 3.8) is 0 Å². The van der Waals surface area contributed by atoms with Crippen molar-refractivity contribution < 1.29 is 14.3 Å². The van der Waals surface area contributed by atoms with Crippen molar-refractivity contribution in [1.29, 1.82) is 0 Å². The van der Waals surface area contributed by atoms with E-state index in [-0.39, 0.29) is 17.8 Å². The van der Waals surface area contributed by atoms with Crippen molar-refractivity contribution in [2.24, 2.45) is 0 Å². The summed E-state index contributed by atoms with van der Waals surface area (Å²) in [5.74, 6) is -0.633. The van der Waals surface area contributed by atoms with Crippen LogP contribution in [0.5, 0.6) is 0 Å². The smallest absolute Gasteiger partial charge is 0.321 e. The van der Waals surface area contributed by atoms with Gasteiger partial charge in [-0.2, -0.15) is 0 Å². The van der Waals surface area contributed by atoms with Crippen LogP contribution in [-0.2, 0) is 14.3 Å². The highest BCUT2D eigenvalue weighted by molar-refractivity contribution is 9.09. The third kappa shape index (κ3) is 6.11. The van der Waals surface area contributed by atoms with E-state index in [9.17, 15) is 9.59 Å². The molecule has 6 heteroatoms. The average Bonchev–Trinajstić information content (AvgIpc) is 2.04. The third-order valence-electron chi connectivity index (χ3n) is 0.887. The molecule has 1 amide bonds. The van der Waals surface area contributed by atoms with E-state index in [0.29, 0.717) is 6.61 Å². The third-order valence-corrected chi connectivity index (χ3v) is 1.40. The van der Waals surface area contributed by atoms with Crippen LogP contribution in [0.4, 0.5) is 0 Å². The monoisotopic (exact) mass is 238 g/mol. The van der Waals surface area contributed by atoms with Crippen LogP contribution in [0.2, 0.25) is 0 Å². The first-order valence-electron chi connectivity index (χ1n) is 3.44. The predicted molar refractivity (Wildman–Crippen MR) is 46.6 cm³/mol. The van der Waals surface area contributed by atoms with Gasteiger partial charge in [0.1, 0.15) is 6.54 Å². The number of ether oxygens (including phenoxy) is 1. The van der Waals surface area contributed by atoms with Gasteiger partial charge in [0, 0.05) is 0 Å². The summed E-state index contributed by atoms with van der Waals surface area (Å²) < 4.78 is 4.59. The molecular formula is C6H11BrN2O3. The summed E-state index contributed by atoms with van der Waals surface area (Å²) in [5, 5.41) is 0.197. The Morgan fingerprint density at radius 3 is 2.67 bits per heavy atom. The Balaban J connectivity index is 3.30. The molecule has 2 N–H and O–H groups in total. The first-order valence-corrected chi connectivity index (χ1v) is 4.56. The van der Waals surface area contributed by atoms with Gasteiger partial charge < -0.3 is 4.74 Å². The number of rotatable bonds is 5. The summed E-state index contributed by atoms with van der Waals surface area (Å²) >= 11 is 2.94. The lowest BCUT2D eigenvalue weighted by molar-refractivity contribution is -0.142. The molecule has 0 spiro atoms. The lowest BCUT2D eigenvalue weighted by Crippen LogP contribution is -2.41. The van der Waals surface area contributed by atoms with E-state index < -0.39 is 5.97 Å². The number of hydrogen-bond acceptors (Lipinski definition) is 4. The minimum atomic E-state index is -0.396. The van der Waals surface area contributed by atoms with Crippen molar-refractivity contribution in [2.75, 3.05) is 18.5 Å². The molecule has 0 heterocycles. The van der Waals surface area contributed by atoms with Gasteiger partial charge in [0.15, 0.2) is 0 Å². The first kappa shape index (κ1) is 11.4. The first-order chi connectivity index (χ1) is 5.70. The van der Waals surface area contributed by atoms with Gasteiger partial charge in [-0.15, -0.1) is 0 Å². The summed E-state index contributed by atoms with van der Waals surface area (Å²) in [6.07, 6.45) is 0. The summed E-state index contributed by atoms with van der Waals surface area (Å²) in [6, 6.07) is 0. The second kappa shape index (κ2) is 7.05. The molecule has 12 heavy (non-hydrogen) atoms. The predicted octanol–water partition coefficient (Wildman–Crippen LogP) is -0.435. The number of hydrazine groups is 1. The Morgan fingerprint density at radius 1 is 1.50 bits per heavy atom. The van der Waals surface area contributed by atoms with E-state index in [4.69, 9.17) is 0 Å². The zero-order valence-corrected chi connectivity index (χ0v) is 8.31. The van der Waals surface area contributed by atoms with Crippen molar-refractivity contribution in [2.45, 2.75) is 6.92 Å². The van der Waals surface area contributed by atoms with Gasteiger partial charge in [-0.25, -0.2) is 5.43 Å². The standard InChI is InChI=1S/C6H11BrN2O3/c1-2-12-6(11)4-8-9-5(10)3-7/h8H,2-4H2,1H3,(H,9,10). The topological polar surface area (TPSA) is 67.4 Å². The van der Waals surface area contributed by atoms with Crippen LogP contribution in [0.25, 0.3) is 0 Å². The number of carbonyl (C=O) groups is 2. The maximum absolute atomic E-state index is 10.7. The molecule has 0 bridgehead atoms. The second-order valence-electron chi connectivity index (χ2n) is 1.84. The van der Waals surface area contributed by atoms with E-state index in [0.717, 1.165) is 0 Å². The molecule has 0 aromatic rings. The fourth-order valence-corrected chi connectivity index (χ4v) is 0.601. The molecular weight excluding hydrogens is 228 g/mol. The average molecular weight is 239 g/mol. The van der Waals surface area contributed by atoms with Gasteiger partial charge in [0.25, 0.3) is 0 Å². The van der Waals surface area contributed by atoms with Crippen LogP contribution in [0.1, 0.15) is 6.92 Å². The maximum atomic E-state index is 10.7. The molecule has 0 unspecified atom stereocenters. The van der Waals surface area contributed by atoms with Gasteiger partial charge in [0.05, 0.1) is 11.9 Å². The number of carbonyl (C=O) groups excluding carboxylic acids is 2. The lowest BCUT2D eigenvalue weighted by atomic mass is 10.6. The Hall–Kier alpha value is -0.620. The Morgan fingerprint density at radius 2 is 2.17 bits per heavy atom. The number of nitrogens with one attached hydrogen (secondary N) is 2. The van der Waals surface area contributed by atoms with Crippen molar-refractivity contribution in [1.82, 2.24) is 10.9 Å². The zero-order chi connectivity index (χ0) is 9.40. The van der Waals surface area contributed by atoms with Crippen LogP contribution < -0.4 is 10.9 Å². The highest BCUT2D eigenvalue weighted by Crippen LogP contribution is 1.76. The SMILES string of the molecule is CCOC(=O)CNNC(=O)CBr. The molecule has 0 saturated heterocycles. The van der Waals surface area contributed by atoms with E-state index in [1.807, 2.05) is 0 Å². The normalized spacial score (nSPS) is 9.17. The van der Waals surface area contributed by atoms with Crippen molar-refractivity contribution in [3.05, 3.63) is 0 Å². The molecule has 0 aliphatic heterocycles. The van der Waals surface area contributed by atoms with Crippen molar-refractivity contribution >= 4 is 27.8 Å². The highest BCUT2D eigenvalue weighted by atomic mass is 79.9. The Kier molecular flexibility index (Phi) is 6.69. The number of hydrogen-bond donors (Lipinski definition) is 2. The zero-order valence-electron chi connectivity index (χ0n) is 6.72. The van der Waals surface area contributed by atoms with Crippen molar-refractivity contribution in [3.8, 4) is 0 Å². The van der Waals surface area contributed by atoms with Gasteiger partial charge in [-0.3, -0.25) is 15.0 Å². The van der Waals surface area contributed by atoms with E-state index >= 15 is 0 Å². The largest absolute Gasteiger partial charge is 0.465 e. The molecule has 70 valence electrons. The summed E-state index contributed by atoms with van der Waals surface area (Å²) in [7, 11) is 0. The van der Waals surface area contributed by atoms with Gasteiger partial charge in [-0.1, -0.05) is 15.9 Å². The Bertz CT molecular complexity index is 163. The molecule has 0 aromatic heterocycles. The molecule has 0 aromatic carbocycles. The fourth-order valence-electron chi connectivity index (χ4n) is 0.460. The lowest BCUT2D eigenvalue weighted by Gasteiger charge is -2.04. The summed E-state index contributed by atoms with van der Waals surface area (Å²) in [5.41, 5.74) is 4.70. The minimum absolute atomic E-state index is 0.0213. The number of amides is 1. The van der Waals surface area contributed by atoms with Gasteiger partial charge in [-0.05, 0) is 6.92 Å². The fraction of sp³-hybridized carbons (Fsp3) is 0.667. The van der Waals surface area contributed by atoms with E-state index in [1.165, 1.54) is 0 Å². The number of esters is 1. The summed E-state index contributed by atoms with van der Waals surface area (Å²) in [4.78, 5) is 21.2. The summed E-state index contributed by atoms with van der Waals surface area (Å²) in [6.45, 7) is 2.04. The molecule has 0 fully saturated rings.